The lowest BCUT2D eigenvalue weighted by Gasteiger charge is -2.37. The highest BCUT2D eigenvalue weighted by molar-refractivity contribution is 5.97. The van der Waals surface area contributed by atoms with Crippen molar-refractivity contribution in [3.63, 3.8) is 0 Å². The number of carbonyl (C=O) groups excluding carboxylic acids is 4. The van der Waals surface area contributed by atoms with E-state index in [0.717, 1.165) is 4.90 Å². The minimum absolute atomic E-state index is 0.0145. The van der Waals surface area contributed by atoms with Crippen LogP contribution >= 0.6 is 0 Å². The molecule has 0 spiro atoms. The zero-order valence-electron chi connectivity index (χ0n) is 20.4. The second-order valence-electron chi connectivity index (χ2n) is 9.19. The largest absolute Gasteiger partial charge is 0.396 e. The molecule has 3 N–H and O–H groups in total. The number of nitrogens with zero attached hydrogens (tertiary/aromatic N) is 3. The average Bonchev–Trinajstić information content (AvgIpc) is 2.67. The summed E-state index contributed by atoms with van der Waals surface area (Å²) in [7, 11) is 4.39. The molecule has 0 aromatic rings. The molecular formula is C22H42N4O5. The van der Waals surface area contributed by atoms with Crippen LogP contribution < -0.4 is 5.73 Å². The van der Waals surface area contributed by atoms with Gasteiger partial charge in [-0.05, 0) is 37.0 Å². The lowest BCUT2D eigenvalue weighted by Crippen LogP contribution is -2.58. The van der Waals surface area contributed by atoms with E-state index in [1.165, 1.54) is 30.9 Å². The van der Waals surface area contributed by atoms with E-state index in [0.29, 0.717) is 25.2 Å². The van der Waals surface area contributed by atoms with Gasteiger partial charge in [0, 0.05) is 34.2 Å². The van der Waals surface area contributed by atoms with Crippen LogP contribution in [-0.4, -0.2) is 83.4 Å². The van der Waals surface area contributed by atoms with Crippen LogP contribution in [0.3, 0.4) is 0 Å². The number of hydrogen-bond donors (Lipinski definition) is 2. The summed E-state index contributed by atoms with van der Waals surface area (Å²) in [6.45, 7) is 9.45. The van der Waals surface area contributed by atoms with Crippen molar-refractivity contribution >= 4 is 23.8 Å². The van der Waals surface area contributed by atoms with Crippen LogP contribution in [0.25, 0.3) is 0 Å². The Morgan fingerprint density at radius 1 is 0.903 bits per heavy atom. The summed E-state index contributed by atoms with van der Waals surface area (Å²) in [6.07, 6.45) is 1.72. The van der Waals surface area contributed by atoms with E-state index in [4.69, 9.17) is 10.8 Å². The molecular weight excluding hydrogens is 400 g/mol. The summed E-state index contributed by atoms with van der Waals surface area (Å²) in [5, 5.41) is 9.12. The lowest BCUT2D eigenvalue weighted by molar-refractivity contribution is -0.143. The number of primary amides is 1. The van der Waals surface area contributed by atoms with E-state index >= 15 is 0 Å². The predicted octanol–water partition coefficient (Wildman–Crippen LogP) is 1.68. The molecule has 9 nitrogen and oxygen atoms in total. The molecule has 9 heteroatoms. The molecule has 0 unspecified atom stereocenters. The van der Waals surface area contributed by atoms with Gasteiger partial charge in [-0.25, -0.2) is 4.79 Å². The molecule has 0 aromatic heterocycles. The van der Waals surface area contributed by atoms with Crippen LogP contribution in [0.1, 0.15) is 60.3 Å². The molecule has 0 fully saturated rings. The molecule has 31 heavy (non-hydrogen) atoms. The number of nitrogens with two attached hydrogens (primary N) is 1. The van der Waals surface area contributed by atoms with Gasteiger partial charge in [0.05, 0.1) is 0 Å². The summed E-state index contributed by atoms with van der Waals surface area (Å²) in [5.41, 5.74) is 5.55. The van der Waals surface area contributed by atoms with Gasteiger partial charge in [0.2, 0.25) is 17.7 Å². The highest BCUT2D eigenvalue weighted by Crippen LogP contribution is 2.19. The number of hydrogen-bond acceptors (Lipinski definition) is 5. The zero-order chi connectivity index (χ0) is 24.5. The third-order valence-corrected chi connectivity index (χ3v) is 5.59. The Balaban J connectivity index is 5.54. The quantitative estimate of drug-likeness (QED) is 0.476. The van der Waals surface area contributed by atoms with Crippen LogP contribution in [0.15, 0.2) is 0 Å². The first-order chi connectivity index (χ1) is 14.3. The van der Waals surface area contributed by atoms with Gasteiger partial charge < -0.3 is 20.6 Å². The van der Waals surface area contributed by atoms with Crippen LogP contribution in [0.2, 0.25) is 0 Å². The van der Waals surface area contributed by atoms with E-state index in [2.05, 4.69) is 0 Å². The SMILES string of the molecule is CC(C)CCC(=O)N(C)C(=O)N(C)[C@H](C(=O)N(C)[C@@H](C[C@H](C)CCO)C(N)=O)C(C)C. The molecule has 0 aliphatic heterocycles. The molecule has 180 valence electrons. The van der Waals surface area contributed by atoms with Crippen molar-refractivity contribution in [2.24, 2.45) is 23.5 Å². The van der Waals surface area contributed by atoms with Gasteiger partial charge in [-0.15, -0.1) is 0 Å². The summed E-state index contributed by atoms with van der Waals surface area (Å²) in [5.74, 6) is -1.30. The van der Waals surface area contributed by atoms with Crippen molar-refractivity contribution in [3.8, 4) is 0 Å². The van der Waals surface area contributed by atoms with E-state index in [-0.39, 0.29) is 30.8 Å². The van der Waals surface area contributed by atoms with E-state index in [9.17, 15) is 19.2 Å². The van der Waals surface area contributed by atoms with Crippen molar-refractivity contribution in [1.29, 1.82) is 0 Å². The molecule has 0 saturated carbocycles. The Hall–Kier alpha value is -2.16. The van der Waals surface area contributed by atoms with Crippen LogP contribution in [0.5, 0.6) is 0 Å². The van der Waals surface area contributed by atoms with E-state index < -0.39 is 29.9 Å². The van der Waals surface area contributed by atoms with Gasteiger partial charge in [0.25, 0.3) is 0 Å². The zero-order valence-corrected chi connectivity index (χ0v) is 20.4. The predicted molar refractivity (Wildman–Crippen MR) is 120 cm³/mol. The van der Waals surface area contributed by atoms with Crippen molar-refractivity contribution < 1.29 is 24.3 Å². The number of likely N-dealkylation sites (N-methyl/N-ethyl adjacent to an activating group) is 2. The Bertz CT molecular complexity index is 623. The standard InChI is InChI=1S/C22H42N4O5/c1-14(2)9-10-18(28)25(7)22(31)26(8)19(15(3)4)21(30)24(6)17(20(23)29)13-16(5)11-12-27/h14-17,19,27H,9-13H2,1-8H3,(H2,23,29)/t16-,17+,19+/m1/s1. The maximum atomic E-state index is 13.3. The third kappa shape index (κ3) is 8.85. The van der Waals surface area contributed by atoms with Crippen LogP contribution in [-0.2, 0) is 14.4 Å². The molecule has 0 bridgehead atoms. The molecule has 5 amide bonds. The molecule has 0 saturated heterocycles. The number of aliphatic hydroxyl groups excluding tert-OH is 1. The minimum atomic E-state index is -0.868. The van der Waals surface area contributed by atoms with Gasteiger partial charge in [-0.1, -0.05) is 34.6 Å². The van der Waals surface area contributed by atoms with Gasteiger partial charge in [-0.3, -0.25) is 19.3 Å². The van der Waals surface area contributed by atoms with Crippen molar-refractivity contribution in [1.82, 2.24) is 14.7 Å². The number of urea groups is 1. The molecule has 0 aromatic carbocycles. The number of amides is 5. The van der Waals surface area contributed by atoms with E-state index in [1.54, 1.807) is 13.8 Å². The topological polar surface area (TPSA) is 124 Å². The molecule has 0 aliphatic carbocycles. The van der Waals surface area contributed by atoms with Gasteiger partial charge in [0.15, 0.2) is 0 Å². The first-order valence-electron chi connectivity index (χ1n) is 11.0. The Morgan fingerprint density at radius 2 is 1.45 bits per heavy atom. The first-order valence-corrected chi connectivity index (χ1v) is 11.0. The van der Waals surface area contributed by atoms with Gasteiger partial charge >= 0.3 is 6.03 Å². The monoisotopic (exact) mass is 442 g/mol. The van der Waals surface area contributed by atoms with Crippen molar-refractivity contribution in [3.05, 3.63) is 0 Å². The Morgan fingerprint density at radius 3 is 1.87 bits per heavy atom. The first kappa shape index (κ1) is 28.8. The normalized spacial score (nSPS) is 14.2. The second-order valence-corrected chi connectivity index (χ2v) is 9.19. The van der Waals surface area contributed by atoms with Gasteiger partial charge in [-0.2, -0.15) is 0 Å². The fourth-order valence-electron chi connectivity index (χ4n) is 3.49. The number of carbonyl (C=O) groups is 4. The Labute approximate surface area is 186 Å². The number of rotatable bonds is 12. The average molecular weight is 443 g/mol. The highest BCUT2D eigenvalue weighted by atomic mass is 16.3. The molecule has 0 rings (SSSR count). The fourth-order valence-corrected chi connectivity index (χ4v) is 3.49. The maximum absolute atomic E-state index is 13.3. The summed E-state index contributed by atoms with van der Waals surface area (Å²) in [6, 6.07) is -2.30. The summed E-state index contributed by atoms with van der Waals surface area (Å²) < 4.78 is 0. The number of aliphatic hydroxyl groups is 1. The van der Waals surface area contributed by atoms with Crippen molar-refractivity contribution in [2.75, 3.05) is 27.7 Å². The van der Waals surface area contributed by atoms with E-state index in [1.807, 2.05) is 20.8 Å². The van der Waals surface area contributed by atoms with Crippen molar-refractivity contribution in [2.45, 2.75) is 72.4 Å². The molecule has 0 radical (unpaired) electrons. The molecule has 0 aliphatic rings. The van der Waals surface area contributed by atoms with Gasteiger partial charge in [0.1, 0.15) is 12.1 Å². The minimum Gasteiger partial charge on any atom is -0.396 e. The second kappa shape index (κ2) is 13.3. The maximum Gasteiger partial charge on any atom is 0.326 e. The van der Waals surface area contributed by atoms with Crippen LogP contribution in [0.4, 0.5) is 4.79 Å². The Kier molecular flexibility index (Phi) is 12.4. The summed E-state index contributed by atoms with van der Waals surface area (Å²) >= 11 is 0. The fraction of sp³-hybridized carbons (Fsp3) is 0.818. The smallest absolute Gasteiger partial charge is 0.326 e. The number of imide groups is 1. The third-order valence-electron chi connectivity index (χ3n) is 5.59. The summed E-state index contributed by atoms with van der Waals surface area (Å²) in [4.78, 5) is 54.2. The van der Waals surface area contributed by atoms with Crippen LogP contribution in [0, 0.1) is 17.8 Å². The lowest BCUT2D eigenvalue weighted by atomic mass is 9.95. The molecule has 3 atom stereocenters. The molecule has 0 heterocycles. The highest BCUT2D eigenvalue weighted by Gasteiger charge is 2.37.